The first-order chi connectivity index (χ1) is 13.8. The van der Waals surface area contributed by atoms with Gasteiger partial charge >= 0.3 is 6.18 Å². The molecule has 30 heavy (non-hydrogen) atoms. The number of hydrogen-bond donors (Lipinski definition) is 2. The lowest BCUT2D eigenvalue weighted by Gasteiger charge is -2.50. The van der Waals surface area contributed by atoms with E-state index in [2.05, 4.69) is 32.5 Å². The van der Waals surface area contributed by atoms with E-state index in [-0.39, 0.29) is 48.4 Å². The van der Waals surface area contributed by atoms with E-state index in [1.54, 1.807) is 7.05 Å². The normalized spacial score (nSPS) is 29.2. The lowest BCUT2D eigenvalue weighted by Crippen LogP contribution is -2.62. The summed E-state index contributed by atoms with van der Waals surface area (Å²) in [5, 5.41) is 6.78. The number of nitrogens with one attached hydrogen (secondary N) is 2. The number of hydrogen-bond acceptors (Lipinski definition) is 3. The topological polar surface area (TPSA) is 42.9 Å². The molecule has 2 unspecified atom stereocenters. The molecule has 2 atom stereocenters. The fourth-order valence-electron chi connectivity index (χ4n) is 5.26. The van der Waals surface area contributed by atoms with Gasteiger partial charge in [0, 0.05) is 25.2 Å². The number of piperidine rings is 2. The van der Waals surface area contributed by atoms with E-state index in [1.807, 2.05) is 0 Å². The molecular formula is C21H39F3IN5. The molecule has 3 aliphatic rings. The SMILES string of the molecule is CN=C(NCC1(N2CCCCC2)CCN(C)CC1)NC1CCCC(C(F)(F)F)C1.I. The second-order valence-corrected chi connectivity index (χ2v) is 9.25. The van der Waals surface area contributed by atoms with Crippen molar-refractivity contribution in [3.63, 3.8) is 0 Å². The zero-order valence-electron chi connectivity index (χ0n) is 18.4. The second kappa shape index (κ2) is 11.5. The van der Waals surface area contributed by atoms with Crippen LogP contribution in [0.15, 0.2) is 4.99 Å². The van der Waals surface area contributed by atoms with E-state index >= 15 is 0 Å². The summed E-state index contributed by atoms with van der Waals surface area (Å²) in [7, 11) is 3.88. The predicted octanol–water partition coefficient (Wildman–Crippen LogP) is 3.84. The Morgan fingerprint density at radius 2 is 1.70 bits per heavy atom. The summed E-state index contributed by atoms with van der Waals surface area (Å²) in [5.74, 6) is -0.548. The Morgan fingerprint density at radius 3 is 2.30 bits per heavy atom. The van der Waals surface area contributed by atoms with Crippen molar-refractivity contribution >= 4 is 29.9 Å². The van der Waals surface area contributed by atoms with Crippen LogP contribution in [0.4, 0.5) is 13.2 Å². The van der Waals surface area contributed by atoms with Gasteiger partial charge in [-0.05, 0) is 78.2 Å². The Bertz CT molecular complexity index is 543. The Morgan fingerprint density at radius 1 is 1.03 bits per heavy atom. The summed E-state index contributed by atoms with van der Waals surface area (Å²) in [6, 6.07) is -0.162. The number of guanidine groups is 1. The van der Waals surface area contributed by atoms with Gasteiger partial charge in [0.25, 0.3) is 0 Å². The first-order valence-corrected chi connectivity index (χ1v) is 11.3. The van der Waals surface area contributed by atoms with Crippen LogP contribution in [0, 0.1) is 5.92 Å². The molecule has 0 aromatic heterocycles. The van der Waals surface area contributed by atoms with Crippen molar-refractivity contribution in [1.29, 1.82) is 0 Å². The van der Waals surface area contributed by atoms with Gasteiger partial charge in [0.2, 0.25) is 0 Å². The van der Waals surface area contributed by atoms with Crippen molar-refractivity contribution in [2.45, 2.75) is 75.5 Å². The Labute approximate surface area is 196 Å². The molecular weight excluding hydrogens is 506 g/mol. The molecule has 1 saturated carbocycles. The Kier molecular flexibility index (Phi) is 9.99. The number of aliphatic imine (C=N–C) groups is 1. The van der Waals surface area contributed by atoms with Gasteiger partial charge in [-0.3, -0.25) is 9.89 Å². The molecule has 9 heteroatoms. The summed E-state index contributed by atoms with van der Waals surface area (Å²) in [5.41, 5.74) is 0.117. The minimum absolute atomic E-state index is 0. The van der Waals surface area contributed by atoms with Crippen molar-refractivity contribution < 1.29 is 13.2 Å². The third-order valence-electron chi connectivity index (χ3n) is 7.23. The van der Waals surface area contributed by atoms with Crippen LogP contribution in [0.2, 0.25) is 0 Å². The lowest BCUT2D eigenvalue weighted by molar-refractivity contribution is -0.183. The summed E-state index contributed by atoms with van der Waals surface area (Å²) >= 11 is 0. The highest BCUT2D eigenvalue weighted by atomic mass is 127. The molecule has 0 amide bonds. The number of rotatable bonds is 4. The Hall–Kier alpha value is -0.290. The zero-order chi connectivity index (χ0) is 20.9. The fourth-order valence-corrected chi connectivity index (χ4v) is 5.26. The highest BCUT2D eigenvalue weighted by molar-refractivity contribution is 14.0. The Balaban J connectivity index is 0.00000320. The van der Waals surface area contributed by atoms with Crippen molar-refractivity contribution in [3.8, 4) is 0 Å². The van der Waals surface area contributed by atoms with Crippen LogP contribution in [-0.4, -0.2) is 80.3 Å². The molecule has 2 aliphatic heterocycles. The van der Waals surface area contributed by atoms with Crippen LogP contribution in [0.5, 0.6) is 0 Å². The van der Waals surface area contributed by atoms with E-state index in [1.165, 1.54) is 19.3 Å². The molecule has 0 aromatic carbocycles. The summed E-state index contributed by atoms with van der Waals surface area (Å²) in [6.45, 7) is 5.26. The van der Waals surface area contributed by atoms with Crippen LogP contribution < -0.4 is 10.6 Å². The van der Waals surface area contributed by atoms with Gasteiger partial charge in [-0.2, -0.15) is 13.2 Å². The van der Waals surface area contributed by atoms with E-state index in [0.717, 1.165) is 52.0 Å². The monoisotopic (exact) mass is 545 g/mol. The largest absolute Gasteiger partial charge is 0.391 e. The summed E-state index contributed by atoms with van der Waals surface area (Å²) in [4.78, 5) is 9.37. The minimum Gasteiger partial charge on any atom is -0.355 e. The smallest absolute Gasteiger partial charge is 0.355 e. The highest BCUT2D eigenvalue weighted by Crippen LogP contribution is 2.37. The van der Waals surface area contributed by atoms with Crippen LogP contribution in [0.25, 0.3) is 0 Å². The van der Waals surface area contributed by atoms with Gasteiger partial charge in [-0.1, -0.05) is 12.8 Å². The molecule has 176 valence electrons. The van der Waals surface area contributed by atoms with Crippen molar-refractivity contribution in [2.75, 3.05) is 46.8 Å². The van der Waals surface area contributed by atoms with Gasteiger partial charge in [0.15, 0.2) is 5.96 Å². The summed E-state index contributed by atoms with van der Waals surface area (Å²) < 4.78 is 39.4. The lowest BCUT2D eigenvalue weighted by atomic mass is 9.84. The van der Waals surface area contributed by atoms with Gasteiger partial charge < -0.3 is 15.5 Å². The van der Waals surface area contributed by atoms with E-state index in [9.17, 15) is 13.2 Å². The minimum atomic E-state index is -4.09. The quantitative estimate of drug-likeness (QED) is 0.320. The molecule has 2 N–H and O–H groups in total. The third kappa shape index (κ3) is 6.85. The number of likely N-dealkylation sites (tertiary alicyclic amines) is 2. The van der Waals surface area contributed by atoms with Crippen molar-refractivity contribution in [1.82, 2.24) is 20.4 Å². The molecule has 0 aromatic rings. The van der Waals surface area contributed by atoms with Crippen molar-refractivity contribution in [2.24, 2.45) is 10.9 Å². The van der Waals surface area contributed by atoms with Crippen molar-refractivity contribution in [3.05, 3.63) is 0 Å². The predicted molar refractivity (Wildman–Crippen MR) is 127 cm³/mol. The molecule has 0 spiro atoms. The van der Waals surface area contributed by atoms with Gasteiger partial charge in [-0.15, -0.1) is 24.0 Å². The average molecular weight is 545 g/mol. The third-order valence-corrected chi connectivity index (χ3v) is 7.23. The van der Waals surface area contributed by atoms with E-state index in [0.29, 0.717) is 12.4 Å². The van der Waals surface area contributed by atoms with Crippen LogP contribution in [-0.2, 0) is 0 Å². The number of halogens is 4. The van der Waals surface area contributed by atoms with Gasteiger partial charge in [-0.25, -0.2) is 0 Å². The highest BCUT2D eigenvalue weighted by Gasteiger charge is 2.43. The first-order valence-electron chi connectivity index (χ1n) is 11.3. The maximum absolute atomic E-state index is 13.1. The molecule has 0 bridgehead atoms. The number of nitrogens with zero attached hydrogens (tertiary/aromatic N) is 3. The molecule has 3 fully saturated rings. The first kappa shape index (κ1) is 26.0. The van der Waals surface area contributed by atoms with E-state index < -0.39 is 12.1 Å². The van der Waals surface area contributed by atoms with E-state index in [4.69, 9.17) is 0 Å². The maximum Gasteiger partial charge on any atom is 0.391 e. The second-order valence-electron chi connectivity index (χ2n) is 9.25. The van der Waals surface area contributed by atoms with Crippen LogP contribution >= 0.6 is 24.0 Å². The molecule has 2 heterocycles. The molecule has 0 radical (unpaired) electrons. The molecule has 1 aliphatic carbocycles. The average Bonchev–Trinajstić information content (AvgIpc) is 2.73. The molecule has 2 saturated heterocycles. The zero-order valence-corrected chi connectivity index (χ0v) is 20.8. The van der Waals surface area contributed by atoms with Gasteiger partial charge in [0.1, 0.15) is 0 Å². The maximum atomic E-state index is 13.1. The fraction of sp³-hybridized carbons (Fsp3) is 0.952. The number of alkyl halides is 3. The molecule has 5 nitrogen and oxygen atoms in total. The summed E-state index contributed by atoms with van der Waals surface area (Å²) in [6.07, 6.45) is 3.75. The van der Waals surface area contributed by atoms with Crippen LogP contribution in [0.3, 0.4) is 0 Å². The molecule has 3 rings (SSSR count). The standard InChI is InChI=1S/C21H38F3N5.HI/c1-25-19(27-18-8-6-7-17(15-18)21(22,23)24)26-16-20(9-13-28(2)14-10-20)29-11-4-3-5-12-29;/h17-18H,3-16H2,1-2H3,(H2,25,26,27);1H. The van der Waals surface area contributed by atoms with Crippen LogP contribution in [0.1, 0.15) is 57.8 Å². The van der Waals surface area contributed by atoms with Gasteiger partial charge in [0.05, 0.1) is 5.92 Å².